The third-order valence-electron chi connectivity index (χ3n) is 4.74. The SMILES string of the molecule is CC[C@]12CC[C@H](CC1=O)C2(C)C. The monoisotopic (exact) mass is 166 g/mol. The number of hydrogen-bond acceptors (Lipinski definition) is 1. The number of Topliss-reactive ketones (excluding diaryl/α,β-unsaturated/α-hetero) is 1. The summed E-state index contributed by atoms with van der Waals surface area (Å²) in [7, 11) is 0. The lowest BCUT2D eigenvalue weighted by atomic mass is 9.67. The van der Waals surface area contributed by atoms with Gasteiger partial charge in [-0.3, -0.25) is 4.79 Å². The summed E-state index contributed by atoms with van der Waals surface area (Å²) in [5.74, 6) is 1.23. The lowest BCUT2D eigenvalue weighted by Crippen LogP contribution is -2.34. The van der Waals surface area contributed by atoms with E-state index >= 15 is 0 Å². The number of carbonyl (C=O) groups is 1. The molecule has 0 N–H and O–H groups in total. The zero-order valence-electron chi connectivity index (χ0n) is 8.31. The second-order valence-corrected chi connectivity index (χ2v) is 5.02. The van der Waals surface area contributed by atoms with Crippen LogP contribution in [0.15, 0.2) is 0 Å². The molecule has 2 fully saturated rings. The minimum absolute atomic E-state index is 0.0671. The molecular formula is C11H18O. The third-order valence-corrected chi connectivity index (χ3v) is 4.74. The Kier molecular flexibility index (Phi) is 1.47. The average molecular weight is 166 g/mol. The van der Waals surface area contributed by atoms with E-state index < -0.39 is 0 Å². The van der Waals surface area contributed by atoms with Gasteiger partial charge < -0.3 is 0 Å². The van der Waals surface area contributed by atoms with Crippen LogP contribution in [0.5, 0.6) is 0 Å². The van der Waals surface area contributed by atoms with Gasteiger partial charge in [0.1, 0.15) is 5.78 Å². The van der Waals surface area contributed by atoms with Crippen molar-refractivity contribution >= 4 is 5.78 Å². The van der Waals surface area contributed by atoms with Crippen molar-refractivity contribution in [2.24, 2.45) is 16.7 Å². The molecule has 2 atom stereocenters. The molecule has 0 saturated heterocycles. The van der Waals surface area contributed by atoms with E-state index in [4.69, 9.17) is 0 Å². The first-order valence-corrected chi connectivity index (χ1v) is 5.08. The van der Waals surface area contributed by atoms with Gasteiger partial charge in [-0.2, -0.15) is 0 Å². The Morgan fingerprint density at radius 2 is 2.17 bits per heavy atom. The number of carbonyl (C=O) groups excluding carboxylic acids is 1. The van der Waals surface area contributed by atoms with Crippen molar-refractivity contribution in [1.29, 1.82) is 0 Å². The summed E-state index contributed by atoms with van der Waals surface area (Å²) >= 11 is 0. The van der Waals surface area contributed by atoms with E-state index in [9.17, 15) is 4.79 Å². The van der Waals surface area contributed by atoms with Gasteiger partial charge in [-0.1, -0.05) is 20.8 Å². The summed E-state index contributed by atoms with van der Waals surface area (Å²) in [6, 6.07) is 0. The average Bonchev–Trinajstić information content (AvgIpc) is 2.36. The van der Waals surface area contributed by atoms with Crippen molar-refractivity contribution in [2.45, 2.75) is 46.5 Å². The van der Waals surface area contributed by atoms with E-state index in [0.717, 1.165) is 19.3 Å². The fourth-order valence-corrected chi connectivity index (χ4v) is 3.60. The highest BCUT2D eigenvalue weighted by atomic mass is 16.1. The summed E-state index contributed by atoms with van der Waals surface area (Å²) in [5, 5.41) is 0. The maximum atomic E-state index is 11.8. The highest BCUT2D eigenvalue weighted by molar-refractivity contribution is 5.89. The van der Waals surface area contributed by atoms with E-state index in [1.165, 1.54) is 6.42 Å². The zero-order valence-corrected chi connectivity index (χ0v) is 8.31. The van der Waals surface area contributed by atoms with Crippen LogP contribution in [0.2, 0.25) is 0 Å². The minimum atomic E-state index is 0.0671. The van der Waals surface area contributed by atoms with Gasteiger partial charge in [0.15, 0.2) is 0 Å². The van der Waals surface area contributed by atoms with Crippen LogP contribution in [0.4, 0.5) is 0 Å². The van der Waals surface area contributed by atoms with Crippen LogP contribution >= 0.6 is 0 Å². The number of fused-ring (bicyclic) bond motifs is 2. The Balaban J connectivity index is 2.46. The summed E-state index contributed by atoms with van der Waals surface area (Å²) in [5.41, 5.74) is 0.358. The predicted octanol–water partition coefficient (Wildman–Crippen LogP) is 2.79. The van der Waals surface area contributed by atoms with Gasteiger partial charge in [0.05, 0.1) is 0 Å². The van der Waals surface area contributed by atoms with Gasteiger partial charge in [0, 0.05) is 11.8 Å². The van der Waals surface area contributed by atoms with Crippen molar-refractivity contribution in [3.63, 3.8) is 0 Å². The molecule has 0 amide bonds. The molecule has 1 nitrogen and oxygen atoms in total. The summed E-state index contributed by atoms with van der Waals surface area (Å²) in [4.78, 5) is 11.8. The molecule has 2 rings (SSSR count). The first-order chi connectivity index (χ1) is 5.54. The van der Waals surface area contributed by atoms with Gasteiger partial charge in [0.2, 0.25) is 0 Å². The van der Waals surface area contributed by atoms with E-state index in [0.29, 0.717) is 17.1 Å². The van der Waals surface area contributed by atoms with Gasteiger partial charge in [-0.25, -0.2) is 0 Å². The summed E-state index contributed by atoms with van der Waals surface area (Å²) < 4.78 is 0. The Morgan fingerprint density at radius 3 is 2.42 bits per heavy atom. The minimum Gasteiger partial charge on any atom is -0.299 e. The van der Waals surface area contributed by atoms with Gasteiger partial charge >= 0.3 is 0 Å². The first kappa shape index (κ1) is 8.28. The quantitative estimate of drug-likeness (QED) is 0.585. The van der Waals surface area contributed by atoms with E-state index in [-0.39, 0.29) is 5.41 Å². The molecule has 68 valence electrons. The molecule has 0 radical (unpaired) electrons. The van der Waals surface area contributed by atoms with Crippen molar-refractivity contribution in [3.05, 3.63) is 0 Å². The first-order valence-electron chi connectivity index (χ1n) is 5.08. The molecule has 2 aliphatic carbocycles. The molecule has 0 aliphatic heterocycles. The normalized spacial score (nSPS) is 43.9. The third kappa shape index (κ3) is 0.641. The molecular weight excluding hydrogens is 148 g/mol. The Labute approximate surface area is 74.5 Å². The molecule has 0 heterocycles. The van der Waals surface area contributed by atoms with Gasteiger partial charge in [-0.05, 0) is 30.6 Å². The molecule has 0 aromatic rings. The molecule has 1 heteroatoms. The van der Waals surface area contributed by atoms with Crippen LogP contribution in [0.3, 0.4) is 0 Å². The molecule has 2 aliphatic rings. The van der Waals surface area contributed by atoms with Crippen molar-refractivity contribution in [2.75, 3.05) is 0 Å². The molecule has 0 spiro atoms. The molecule has 2 saturated carbocycles. The lowest BCUT2D eigenvalue weighted by molar-refractivity contribution is -0.129. The lowest BCUT2D eigenvalue weighted by Gasteiger charge is -2.35. The maximum Gasteiger partial charge on any atom is 0.139 e. The molecule has 0 aromatic heterocycles. The molecule has 0 aromatic carbocycles. The van der Waals surface area contributed by atoms with E-state index in [1.54, 1.807) is 0 Å². The van der Waals surface area contributed by atoms with Crippen LogP contribution in [-0.4, -0.2) is 5.78 Å². The Bertz CT molecular complexity index is 229. The van der Waals surface area contributed by atoms with Crippen LogP contribution in [0.1, 0.15) is 46.5 Å². The largest absolute Gasteiger partial charge is 0.299 e. The molecule has 12 heavy (non-hydrogen) atoms. The Morgan fingerprint density at radius 1 is 1.50 bits per heavy atom. The van der Waals surface area contributed by atoms with E-state index in [2.05, 4.69) is 20.8 Å². The summed E-state index contributed by atoms with van der Waals surface area (Å²) in [6.45, 7) is 6.76. The number of ketones is 1. The highest BCUT2D eigenvalue weighted by Crippen LogP contribution is 2.65. The van der Waals surface area contributed by atoms with Crippen LogP contribution < -0.4 is 0 Å². The number of hydrogen-bond donors (Lipinski definition) is 0. The fourth-order valence-electron chi connectivity index (χ4n) is 3.60. The molecule has 0 unspecified atom stereocenters. The molecule has 2 bridgehead atoms. The summed E-state index contributed by atoms with van der Waals surface area (Å²) in [6.07, 6.45) is 4.35. The predicted molar refractivity (Wildman–Crippen MR) is 48.9 cm³/mol. The standard InChI is InChI=1S/C11H18O/c1-4-11-6-5-8(7-9(11)12)10(11,2)3/h8H,4-7H2,1-3H3/t8-,11+/m1/s1. The van der Waals surface area contributed by atoms with Crippen LogP contribution in [-0.2, 0) is 4.79 Å². The number of rotatable bonds is 1. The second kappa shape index (κ2) is 2.12. The van der Waals surface area contributed by atoms with Crippen molar-refractivity contribution in [3.8, 4) is 0 Å². The van der Waals surface area contributed by atoms with Gasteiger partial charge in [0.25, 0.3) is 0 Å². The smallest absolute Gasteiger partial charge is 0.139 e. The second-order valence-electron chi connectivity index (χ2n) is 5.02. The van der Waals surface area contributed by atoms with Gasteiger partial charge in [-0.15, -0.1) is 0 Å². The maximum absolute atomic E-state index is 11.8. The zero-order chi connectivity index (χ0) is 8.98. The van der Waals surface area contributed by atoms with E-state index in [1.807, 2.05) is 0 Å². The van der Waals surface area contributed by atoms with Crippen LogP contribution in [0, 0.1) is 16.7 Å². The Hall–Kier alpha value is -0.330. The topological polar surface area (TPSA) is 17.1 Å². The van der Waals surface area contributed by atoms with Crippen LogP contribution in [0.25, 0.3) is 0 Å². The highest BCUT2D eigenvalue weighted by Gasteiger charge is 2.62. The fraction of sp³-hybridized carbons (Fsp3) is 0.909. The van der Waals surface area contributed by atoms with Crippen molar-refractivity contribution < 1.29 is 4.79 Å². The van der Waals surface area contributed by atoms with Crippen molar-refractivity contribution in [1.82, 2.24) is 0 Å².